The van der Waals surface area contributed by atoms with Crippen molar-refractivity contribution in [1.82, 2.24) is 14.9 Å². The molecule has 1 aliphatic rings. The molecule has 1 aliphatic heterocycles. The van der Waals surface area contributed by atoms with E-state index in [4.69, 9.17) is 0 Å². The summed E-state index contributed by atoms with van der Waals surface area (Å²) >= 11 is 0. The number of hydrogen-bond donors (Lipinski definition) is 2. The van der Waals surface area contributed by atoms with Gasteiger partial charge in [0.25, 0.3) is 0 Å². The Bertz CT molecular complexity index is 1280. The second-order valence-corrected chi connectivity index (χ2v) is 8.87. The summed E-state index contributed by atoms with van der Waals surface area (Å²) in [7, 11) is 0. The Balaban J connectivity index is 1.10. The normalized spacial score (nSPS) is 16.4. The van der Waals surface area contributed by atoms with Crippen LogP contribution in [0.3, 0.4) is 0 Å². The number of likely N-dealkylation sites (tertiary alicyclic amines) is 1. The van der Waals surface area contributed by atoms with Crippen molar-refractivity contribution in [3.05, 3.63) is 72.6 Å². The maximum Gasteiger partial charge on any atom is 0.125 e. The molecule has 176 valence electrons. The van der Waals surface area contributed by atoms with E-state index in [0.717, 1.165) is 61.2 Å². The quantitative estimate of drug-likeness (QED) is 0.307. The summed E-state index contributed by atoms with van der Waals surface area (Å²) < 4.78 is 27.0. The zero-order valence-electron chi connectivity index (χ0n) is 19.1. The third kappa shape index (κ3) is 5.09. The SMILES string of the molecule is Fc1ccc2c(NCCCN3CCCC3CCNc3ccnc4cc(F)ccc34)ccnc2c1. The molecule has 0 amide bonds. The second kappa shape index (κ2) is 10.3. The highest BCUT2D eigenvalue weighted by Crippen LogP contribution is 2.25. The van der Waals surface area contributed by atoms with Crippen LogP contribution in [0.4, 0.5) is 20.2 Å². The van der Waals surface area contributed by atoms with E-state index in [1.807, 2.05) is 12.1 Å². The van der Waals surface area contributed by atoms with E-state index in [2.05, 4.69) is 25.5 Å². The average molecular weight is 462 g/mol. The van der Waals surface area contributed by atoms with Crippen LogP contribution in [0.25, 0.3) is 21.8 Å². The number of halogens is 2. The van der Waals surface area contributed by atoms with E-state index in [0.29, 0.717) is 17.1 Å². The summed E-state index contributed by atoms with van der Waals surface area (Å²) in [6.45, 7) is 3.92. The van der Waals surface area contributed by atoms with Gasteiger partial charge < -0.3 is 15.5 Å². The molecular formula is C27H29F2N5. The first-order chi connectivity index (χ1) is 16.7. The summed E-state index contributed by atoms with van der Waals surface area (Å²) in [5, 5.41) is 8.92. The number of aromatic nitrogens is 2. The van der Waals surface area contributed by atoms with E-state index in [1.165, 1.54) is 37.1 Å². The van der Waals surface area contributed by atoms with Crippen molar-refractivity contribution < 1.29 is 8.78 Å². The molecule has 0 aliphatic carbocycles. The summed E-state index contributed by atoms with van der Waals surface area (Å²) in [6, 6.07) is 13.9. The maximum atomic E-state index is 13.5. The van der Waals surface area contributed by atoms with Crippen molar-refractivity contribution in [3.63, 3.8) is 0 Å². The van der Waals surface area contributed by atoms with Crippen LogP contribution in [0.5, 0.6) is 0 Å². The van der Waals surface area contributed by atoms with Crippen molar-refractivity contribution in [3.8, 4) is 0 Å². The van der Waals surface area contributed by atoms with Gasteiger partial charge in [0.05, 0.1) is 11.0 Å². The lowest BCUT2D eigenvalue weighted by atomic mass is 10.1. The minimum absolute atomic E-state index is 0.265. The van der Waals surface area contributed by atoms with Crippen LogP contribution in [0.1, 0.15) is 25.7 Å². The third-order valence-corrected chi connectivity index (χ3v) is 6.64. The van der Waals surface area contributed by atoms with Gasteiger partial charge >= 0.3 is 0 Å². The number of rotatable bonds is 9. The Hall–Kier alpha value is -3.32. The van der Waals surface area contributed by atoms with Crippen LogP contribution >= 0.6 is 0 Å². The standard InChI is InChI=1S/C27H29F2N5/c28-19-4-6-22-24(9-13-32-26(22)17-19)30-11-2-16-34-15-1-3-21(34)8-12-31-25-10-14-33-27-18-20(29)5-7-23(25)27/h4-7,9-10,13-14,17-18,21H,1-3,8,11-12,15-16H2,(H,30,32)(H,31,33). The second-order valence-electron chi connectivity index (χ2n) is 8.87. The fraction of sp³-hybridized carbons (Fsp3) is 0.333. The molecule has 0 radical (unpaired) electrons. The average Bonchev–Trinajstić information content (AvgIpc) is 3.28. The predicted molar refractivity (Wildman–Crippen MR) is 134 cm³/mol. The van der Waals surface area contributed by atoms with Crippen molar-refractivity contribution in [2.45, 2.75) is 31.7 Å². The van der Waals surface area contributed by atoms with Gasteiger partial charge in [-0.2, -0.15) is 0 Å². The molecule has 1 atom stereocenters. The minimum Gasteiger partial charge on any atom is -0.384 e. The molecule has 2 aromatic heterocycles. The monoisotopic (exact) mass is 461 g/mol. The number of fused-ring (bicyclic) bond motifs is 2. The highest BCUT2D eigenvalue weighted by Gasteiger charge is 2.23. The number of pyridine rings is 2. The minimum atomic E-state index is -0.266. The maximum absolute atomic E-state index is 13.5. The first-order valence-corrected chi connectivity index (χ1v) is 12.0. The third-order valence-electron chi connectivity index (χ3n) is 6.64. The van der Waals surface area contributed by atoms with Gasteiger partial charge in [0.1, 0.15) is 11.6 Å². The van der Waals surface area contributed by atoms with E-state index in [1.54, 1.807) is 24.5 Å². The Morgan fingerprint density at radius 2 is 1.44 bits per heavy atom. The van der Waals surface area contributed by atoms with Gasteiger partial charge in [0.15, 0.2) is 0 Å². The Morgan fingerprint density at radius 1 is 0.824 bits per heavy atom. The zero-order valence-corrected chi connectivity index (χ0v) is 19.1. The molecule has 1 fully saturated rings. The lowest BCUT2D eigenvalue weighted by Gasteiger charge is -2.25. The summed E-state index contributed by atoms with van der Waals surface area (Å²) in [5.74, 6) is -0.531. The number of nitrogens with one attached hydrogen (secondary N) is 2. The molecule has 2 aromatic carbocycles. The van der Waals surface area contributed by atoms with Crippen LogP contribution in [0.15, 0.2) is 60.9 Å². The van der Waals surface area contributed by atoms with Crippen LogP contribution in [-0.2, 0) is 0 Å². The molecule has 0 spiro atoms. The largest absolute Gasteiger partial charge is 0.384 e. The van der Waals surface area contributed by atoms with Crippen molar-refractivity contribution in [1.29, 1.82) is 0 Å². The Kier molecular flexibility index (Phi) is 6.81. The molecule has 1 saturated heterocycles. The Morgan fingerprint density at radius 3 is 2.09 bits per heavy atom. The lowest BCUT2D eigenvalue weighted by Crippen LogP contribution is -2.32. The van der Waals surface area contributed by atoms with Crippen molar-refractivity contribution in [2.24, 2.45) is 0 Å². The van der Waals surface area contributed by atoms with Gasteiger partial charge in [0, 0.05) is 72.3 Å². The molecule has 4 aromatic rings. The molecule has 1 unspecified atom stereocenters. The van der Waals surface area contributed by atoms with E-state index < -0.39 is 0 Å². The molecule has 0 bridgehead atoms. The van der Waals surface area contributed by atoms with E-state index >= 15 is 0 Å². The van der Waals surface area contributed by atoms with Gasteiger partial charge in [-0.1, -0.05) is 0 Å². The zero-order chi connectivity index (χ0) is 23.3. The molecule has 3 heterocycles. The van der Waals surface area contributed by atoms with E-state index in [9.17, 15) is 8.78 Å². The summed E-state index contributed by atoms with van der Waals surface area (Å²) in [5.41, 5.74) is 3.34. The summed E-state index contributed by atoms with van der Waals surface area (Å²) in [6.07, 6.45) is 8.00. The van der Waals surface area contributed by atoms with Crippen LogP contribution in [0, 0.1) is 11.6 Å². The van der Waals surface area contributed by atoms with Gasteiger partial charge in [-0.05, 0) is 68.6 Å². The molecule has 2 N–H and O–H groups in total. The number of benzene rings is 2. The molecule has 5 rings (SSSR count). The molecule has 34 heavy (non-hydrogen) atoms. The van der Waals surface area contributed by atoms with Crippen LogP contribution < -0.4 is 10.6 Å². The van der Waals surface area contributed by atoms with Gasteiger partial charge in [-0.25, -0.2) is 8.78 Å². The number of hydrogen-bond acceptors (Lipinski definition) is 5. The molecular weight excluding hydrogens is 432 g/mol. The molecule has 7 heteroatoms. The smallest absolute Gasteiger partial charge is 0.125 e. The molecule has 5 nitrogen and oxygen atoms in total. The van der Waals surface area contributed by atoms with Crippen molar-refractivity contribution >= 4 is 33.2 Å². The first-order valence-electron chi connectivity index (χ1n) is 12.0. The fourth-order valence-electron chi connectivity index (χ4n) is 4.95. The Labute approximate surface area is 198 Å². The summed E-state index contributed by atoms with van der Waals surface area (Å²) in [4.78, 5) is 11.1. The molecule has 0 saturated carbocycles. The number of anilines is 2. The van der Waals surface area contributed by atoms with E-state index in [-0.39, 0.29) is 11.6 Å². The van der Waals surface area contributed by atoms with Crippen LogP contribution in [0.2, 0.25) is 0 Å². The first kappa shape index (κ1) is 22.5. The van der Waals surface area contributed by atoms with Gasteiger partial charge in [-0.15, -0.1) is 0 Å². The van der Waals surface area contributed by atoms with Gasteiger partial charge in [-0.3, -0.25) is 9.97 Å². The highest BCUT2D eigenvalue weighted by molar-refractivity contribution is 5.91. The number of nitrogens with zero attached hydrogens (tertiary/aromatic N) is 3. The van der Waals surface area contributed by atoms with Gasteiger partial charge in [0.2, 0.25) is 0 Å². The fourth-order valence-corrected chi connectivity index (χ4v) is 4.95. The van der Waals surface area contributed by atoms with Crippen LogP contribution in [-0.4, -0.2) is 47.1 Å². The van der Waals surface area contributed by atoms with Crippen molar-refractivity contribution in [2.75, 3.05) is 36.8 Å². The predicted octanol–water partition coefficient (Wildman–Crippen LogP) is 5.83. The topological polar surface area (TPSA) is 53.1 Å². The highest BCUT2D eigenvalue weighted by atomic mass is 19.1. The lowest BCUT2D eigenvalue weighted by molar-refractivity contribution is 0.246.